The van der Waals surface area contributed by atoms with Crippen LogP contribution in [0.15, 0.2) is 0 Å². The van der Waals surface area contributed by atoms with Crippen LogP contribution < -0.4 is 5.32 Å². The molecular weight excluding hydrogens is 260 g/mol. The minimum Gasteiger partial charge on any atom is -0.355 e. The van der Waals surface area contributed by atoms with E-state index in [2.05, 4.69) is 37.9 Å². The summed E-state index contributed by atoms with van der Waals surface area (Å²) in [5.74, 6) is 1.61. The van der Waals surface area contributed by atoms with Gasteiger partial charge in [-0.15, -0.1) is 0 Å². The highest BCUT2D eigenvalue weighted by Gasteiger charge is 2.07. The topological polar surface area (TPSA) is 32.3 Å². The van der Waals surface area contributed by atoms with Crippen molar-refractivity contribution in [2.45, 2.75) is 72.6 Å². The Morgan fingerprint density at radius 2 is 1.48 bits per heavy atom. The van der Waals surface area contributed by atoms with Gasteiger partial charge in [-0.25, -0.2) is 0 Å². The number of hydrogen-bond donors (Lipinski definition) is 1. The molecule has 1 N–H and O–H groups in total. The number of likely N-dealkylation sites (N-methyl/N-ethyl adjacent to an activating group) is 1. The van der Waals surface area contributed by atoms with Crippen molar-refractivity contribution in [2.75, 3.05) is 26.7 Å². The van der Waals surface area contributed by atoms with Crippen molar-refractivity contribution < 1.29 is 4.79 Å². The minimum absolute atomic E-state index is 0.162. The summed E-state index contributed by atoms with van der Waals surface area (Å²) in [4.78, 5) is 13.8. The molecule has 0 saturated carbocycles. The summed E-state index contributed by atoms with van der Waals surface area (Å²) in [5, 5.41) is 3.02. The highest BCUT2D eigenvalue weighted by atomic mass is 16.2. The molecule has 0 aromatic carbocycles. The van der Waals surface area contributed by atoms with Crippen LogP contribution in [-0.4, -0.2) is 37.5 Å². The zero-order valence-electron chi connectivity index (χ0n) is 15.1. The van der Waals surface area contributed by atoms with Gasteiger partial charge in [0.1, 0.15) is 0 Å². The lowest BCUT2D eigenvalue weighted by Gasteiger charge is -2.18. The van der Waals surface area contributed by atoms with Crippen molar-refractivity contribution >= 4 is 5.91 Å². The van der Waals surface area contributed by atoms with Crippen molar-refractivity contribution in [2.24, 2.45) is 11.8 Å². The van der Waals surface area contributed by atoms with E-state index in [9.17, 15) is 4.79 Å². The highest BCUT2D eigenvalue weighted by Crippen LogP contribution is 2.11. The summed E-state index contributed by atoms with van der Waals surface area (Å²) in [7, 11) is 2.01. The molecule has 0 radical (unpaired) electrons. The average molecular weight is 299 g/mol. The second-order valence-electron chi connectivity index (χ2n) is 7.24. The Bertz CT molecular complexity index is 252. The predicted octanol–water partition coefficient (Wildman–Crippen LogP) is 4.08. The van der Waals surface area contributed by atoms with E-state index >= 15 is 0 Å². The molecule has 0 aromatic heterocycles. The molecule has 1 amide bonds. The number of carbonyl (C=O) groups excluding carboxylic acids is 1. The molecule has 0 aromatic rings. The summed E-state index contributed by atoms with van der Waals surface area (Å²) >= 11 is 0. The van der Waals surface area contributed by atoms with Crippen LogP contribution in [0.1, 0.15) is 72.6 Å². The maximum absolute atomic E-state index is 11.7. The van der Waals surface area contributed by atoms with Crippen LogP contribution in [0.4, 0.5) is 0 Å². The van der Waals surface area contributed by atoms with Crippen LogP contribution >= 0.6 is 0 Å². The first-order valence-electron chi connectivity index (χ1n) is 8.87. The summed E-state index contributed by atoms with van der Waals surface area (Å²) in [6, 6.07) is 0. The number of rotatable bonds is 13. The Hall–Kier alpha value is -0.570. The Kier molecular flexibility index (Phi) is 12.8. The fourth-order valence-corrected chi connectivity index (χ4v) is 2.60. The number of unbranched alkanes of at least 4 members (excludes halogenated alkanes) is 5. The first kappa shape index (κ1) is 20.4. The lowest BCUT2D eigenvalue weighted by molar-refractivity contribution is -0.122. The van der Waals surface area contributed by atoms with E-state index in [1.807, 2.05) is 7.05 Å². The molecule has 3 heteroatoms. The van der Waals surface area contributed by atoms with E-state index in [-0.39, 0.29) is 5.91 Å². The van der Waals surface area contributed by atoms with Gasteiger partial charge in [-0.2, -0.15) is 0 Å². The third kappa shape index (κ3) is 15.6. The molecule has 0 heterocycles. The van der Waals surface area contributed by atoms with E-state index in [4.69, 9.17) is 0 Å². The van der Waals surface area contributed by atoms with Gasteiger partial charge in [0.15, 0.2) is 0 Å². The van der Waals surface area contributed by atoms with E-state index in [0.717, 1.165) is 25.4 Å². The molecule has 0 atom stereocenters. The second kappa shape index (κ2) is 13.1. The first-order valence-corrected chi connectivity index (χ1v) is 8.87. The van der Waals surface area contributed by atoms with Crippen molar-refractivity contribution in [3.63, 3.8) is 0 Å². The summed E-state index contributed by atoms with van der Waals surface area (Å²) < 4.78 is 0. The first-order chi connectivity index (χ1) is 9.91. The Labute approximate surface area is 132 Å². The number of carbonyl (C=O) groups is 1. The molecule has 0 aliphatic heterocycles. The average Bonchev–Trinajstić information content (AvgIpc) is 2.35. The predicted molar refractivity (Wildman–Crippen MR) is 92.5 cm³/mol. The van der Waals surface area contributed by atoms with Gasteiger partial charge in [0.2, 0.25) is 5.91 Å². The molecular formula is C18H38N2O. The summed E-state index contributed by atoms with van der Waals surface area (Å²) in [6.45, 7) is 11.3. The molecule has 0 rings (SSSR count). The number of nitrogens with zero attached hydrogens (tertiary/aromatic N) is 1. The fourth-order valence-electron chi connectivity index (χ4n) is 2.60. The van der Waals surface area contributed by atoms with Crippen molar-refractivity contribution in [3.05, 3.63) is 0 Å². The third-order valence-corrected chi connectivity index (χ3v) is 3.62. The van der Waals surface area contributed by atoms with Crippen LogP contribution in [-0.2, 0) is 4.79 Å². The molecule has 0 aliphatic rings. The largest absolute Gasteiger partial charge is 0.355 e. The summed E-state index contributed by atoms with van der Waals surface area (Å²) in [5.41, 5.74) is 0. The third-order valence-electron chi connectivity index (χ3n) is 3.62. The van der Waals surface area contributed by atoms with Crippen LogP contribution in [0.5, 0.6) is 0 Å². The van der Waals surface area contributed by atoms with Gasteiger partial charge in [0, 0.05) is 13.1 Å². The molecule has 0 unspecified atom stereocenters. The van der Waals surface area contributed by atoms with Gasteiger partial charge >= 0.3 is 0 Å². The zero-order valence-corrected chi connectivity index (χ0v) is 15.1. The van der Waals surface area contributed by atoms with Gasteiger partial charge < -0.3 is 5.32 Å². The van der Waals surface area contributed by atoms with Crippen molar-refractivity contribution in [1.29, 1.82) is 0 Å². The molecule has 21 heavy (non-hydrogen) atoms. The molecule has 126 valence electrons. The maximum atomic E-state index is 11.7. The van der Waals surface area contributed by atoms with Crippen LogP contribution in [0.25, 0.3) is 0 Å². The highest BCUT2D eigenvalue weighted by molar-refractivity contribution is 5.77. The summed E-state index contributed by atoms with van der Waals surface area (Å²) in [6.07, 6.45) is 9.10. The van der Waals surface area contributed by atoms with Crippen molar-refractivity contribution in [3.8, 4) is 0 Å². The van der Waals surface area contributed by atoms with E-state index < -0.39 is 0 Å². The SMILES string of the molecule is CC(C)CCCCCCCCNC(=O)CN(C)CC(C)C. The number of amides is 1. The van der Waals surface area contributed by atoms with E-state index in [0.29, 0.717) is 12.5 Å². The molecule has 0 bridgehead atoms. The maximum Gasteiger partial charge on any atom is 0.234 e. The lowest BCUT2D eigenvalue weighted by Crippen LogP contribution is -2.37. The normalized spacial score (nSPS) is 11.6. The lowest BCUT2D eigenvalue weighted by atomic mass is 10.0. The monoisotopic (exact) mass is 298 g/mol. The standard InChI is InChI=1S/C18H38N2O/c1-16(2)12-10-8-6-7-9-11-13-19-18(21)15-20(5)14-17(3)4/h16-17H,6-15H2,1-5H3,(H,19,21). The van der Waals surface area contributed by atoms with Gasteiger partial charge in [-0.05, 0) is 25.3 Å². The quantitative estimate of drug-likeness (QED) is 0.520. The molecule has 0 spiro atoms. The van der Waals surface area contributed by atoms with Crippen LogP contribution in [0.3, 0.4) is 0 Å². The van der Waals surface area contributed by atoms with Gasteiger partial charge in [0.25, 0.3) is 0 Å². The zero-order chi connectivity index (χ0) is 16.1. The van der Waals surface area contributed by atoms with Gasteiger partial charge in [-0.3, -0.25) is 9.69 Å². The fraction of sp³-hybridized carbons (Fsp3) is 0.944. The number of nitrogens with one attached hydrogen (secondary N) is 1. The molecule has 3 nitrogen and oxygen atoms in total. The smallest absolute Gasteiger partial charge is 0.234 e. The van der Waals surface area contributed by atoms with Crippen molar-refractivity contribution in [1.82, 2.24) is 10.2 Å². The Morgan fingerprint density at radius 3 is 2.05 bits per heavy atom. The molecule has 0 fully saturated rings. The molecule has 0 aliphatic carbocycles. The van der Waals surface area contributed by atoms with Crippen LogP contribution in [0, 0.1) is 11.8 Å². The Balaban J connectivity index is 3.32. The van der Waals surface area contributed by atoms with E-state index in [1.165, 1.54) is 38.5 Å². The molecule has 0 saturated heterocycles. The van der Waals surface area contributed by atoms with Gasteiger partial charge in [0.05, 0.1) is 6.54 Å². The number of hydrogen-bond acceptors (Lipinski definition) is 2. The Morgan fingerprint density at radius 1 is 0.905 bits per heavy atom. The second-order valence-corrected chi connectivity index (χ2v) is 7.24. The van der Waals surface area contributed by atoms with E-state index in [1.54, 1.807) is 0 Å². The van der Waals surface area contributed by atoms with Gasteiger partial charge in [-0.1, -0.05) is 66.2 Å². The van der Waals surface area contributed by atoms with Crippen LogP contribution in [0.2, 0.25) is 0 Å². The minimum atomic E-state index is 0.162.